The average molecular weight is 404 g/mol. The fraction of sp³-hybridized carbons (Fsp3) is 0.231. The Morgan fingerprint density at radius 3 is 2.92 bits per heavy atom. The van der Waals surface area contributed by atoms with Crippen LogP contribution in [0.3, 0.4) is 0 Å². The van der Waals surface area contributed by atoms with Crippen LogP contribution in [0.2, 0.25) is 0 Å². The summed E-state index contributed by atoms with van der Waals surface area (Å²) in [5.41, 5.74) is 6.13. The molecule has 3 rings (SSSR count). The Balaban J connectivity index is 2.00. The minimum Gasteiger partial charge on any atom is -0.495 e. The minimum atomic E-state index is -2.83. The van der Waals surface area contributed by atoms with E-state index in [1.54, 1.807) is 0 Å². The number of nitrogens with zero attached hydrogens (tertiary/aromatic N) is 5. The first-order chi connectivity index (χ1) is 12.7. The largest absolute Gasteiger partial charge is 0.495 e. The molecule has 3 aromatic rings. The number of benzene rings is 1. The van der Waals surface area contributed by atoms with E-state index in [0.717, 1.165) is 6.33 Å². The lowest BCUT2D eigenvalue weighted by Gasteiger charge is -2.13. The van der Waals surface area contributed by atoms with E-state index in [9.17, 15) is 8.78 Å². The Labute approximate surface area is 147 Å². The maximum absolute atomic E-state index is 12.6. The van der Waals surface area contributed by atoms with Crippen LogP contribution in [0.25, 0.3) is 10.9 Å². The number of nitrogens with two attached hydrogens (primary N) is 1. The van der Waals surface area contributed by atoms with Crippen LogP contribution in [0.1, 0.15) is 16.5 Å². The van der Waals surface area contributed by atoms with Gasteiger partial charge >= 0.3 is 6.55 Å². The summed E-state index contributed by atoms with van der Waals surface area (Å²) in [6.45, 7) is -3.11. The molecule has 0 atom stereocenters. The fourth-order valence-electron chi connectivity index (χ4n) is 1.98. The third-order valence-electron chi connectivity index (χ3n) is 3.03. The van der Waals surface area contributed by atoms with Crippen LogP contribution in [0, 0.1) is 0 Å². The number of alkyl halides is 2. The summed E-state index contributed by atoms with van der Waals surface area (Å²) in [5.74, 6) is 0.0721. The molecule has 1 aromatic carbocycles. The van der Waals surface area contributed by atoms with Gasteiger partial charge in [0.1, 0.15) is 36.6 Å². The normalized spacial score (nSPS) is 13.6. The number of nitrogen functional groups attached to an aromatic ring is 1. The van der Waals surface area contributed by atoms with Crippen LogP contribution in [0.15, 0.2) is 23.2 Å². The number of fused-ring (bicyclic) bond motifs is 1. The zero-order valence-electron chi connectivity index (χ0n) is 14.8. The number of halogens is 3. The average Bonchev–Trinajstić information content (AvgIpc) is 3.04. The van der Waals surface area contributed by atoms with E-state index in [4.69, 9.17) is 19.3 Å². The van der Waals surface area contributed by atoms with Gasteiger partial charge in [-0.1, -0.05) is 0 Å². The molecule has 8 nitrogen and oxygen atoms in total. The highest BCUT2D eigenvalue weighted by atomic mass is 79.9. The summed E-state index contributed by atoms with van der Waals surface area (Å²) in [6, 6.07) is 1.28. The highest BCUT2D eigenvalue weighted by molar-refractivity contribution is 9.10. The van der Waals surface area contributed by atoms with Crippen LogP contribution < -0.4 is 15.2 Å². The molecule has 0 radical (unpaired) electrons. The lowest BCUT2D eigenvalue weighted by Crippen LogP contribution is -2.04. The summed E-state index contributed by atoms with van der Waals surface area (Å²) >= 11 is 3.23. The van der Waals surface area contributed by atoms with E-state index in [1.807, 2.05) is 0 Å². The van der Waals surface area contributed by atoms with Gasteiger partial charge < -0.3 is 15.2 Å². The van der Waals surface area contributed by atoms with Gasteiger partial charge in [-0.3, -0.25) is 0 Å². The molecule has 2 N–H and O–H groups in total. The predicted molar refractivity (Wildman–Crippen MR) is 83.8 cm³/mol. The third kappa shape index (κ3) is 2.94. The van der Waals surface area contributed by atoms with E-state index in [-0.39, 0.29) is 45.1 Å². The van der Waals surface area contributed by atoms with E-state index in [2.05, 4.69) is 36.0 Å². The van der Waals surface area contributed by atoms with E-state index >= 15 is 0 Å². The first-order valence-electron chi connectivity index (χ1n) is 7.88. The lowest BCUT2D eigenvalue weighted by atomic mass is 10.2. The number of anilines is 1. The highest BCUT2D eigenvalue weighted by Crippen LogP contribution is 2.40. The summed E-state index contributed by atoms with van der Waals surface area (Å²) in [6.07, 6.45) is 2.06. The molecule has 0 aliphatic rings. The van der Waals surface area contributed by atoms with Crippen molar-refractivity contribution in [2.75, 3.05) is 12.8 Å². The van der Waals surface area contributed by atoms with Gasteiger partial charge in [0.05, 0.1) is 26.5 Å². The minimum absolute atomic E-state index is 0.0138. The standard InChI is InChI=1S/C13H11BrF2N6O2/c1-23-7-2-6(9-11(10(7)14)18-4-19-12(9)17)24-3-8-20-5-22(21-8)13(15)16/h2,4-5,13H,3H2,1H3,(H2,17,18,19)/i1D3. The van der Waals surface area contributed by atoms with Crippen molar-refractivity contribution in [3.05, 3.63) is 29.0 Å². The molecule has 0 aliphatic heterocycles. The second-order valence-electron chi connectivity index (χ2n) is 4.48. The van der Waals surface area contributed by atoms with E-state index in [1.165, 1.54) is 12.4 Å². The number of methoxy groups -OCH3 is 1. The number of ether oxygens (including phenoxy) is 2. The molecule has 0 amide bonds. The molecule has 0 spiro atoms. The Morgan fingerprint density at radius 1 is 1.38 bits per heavy atom. The summed E-state index contributed by atoms with van der Waals surface area (Å²) in [5, 5.41) is 3.85. The van der Waals surface area contributed by atoms with Gasteiger partial charge in [-0.15, -0.1) is 5.10 Å². The Hall–Kier alpha value is -2.56. The zero-order chi connectivity index (χ0) is 19.8. The van der Waals surface area contributed by atoms with Crippen molar-refractivity contribution in [1.29, 1.82) is 0 Å². The molecule has 0 unspecified atom stereocenters. The van der Waals surface area contributed by atoms with Crippen LogP contribution >= 0.6 is 15.9 Å². The Morgan fingerprint density at radius 2 is 2.21 bits per heavy atom. The summed E-state index contributed by atoms with van der Waals surface area (Å²) < 4.78 is 58.1. The Bertz CT molecular complexity index is 985. The predicted octanol–water partition coefficient (Wildman–Crippen LogP) is 2.55. The molecule has 24 heavy (non-hydrogen) atoms. The fourth-order valence-corrected chi connectivity index (χ4v) is 2.48. The van der Waals surface area contributed by atoms with E-state index < -0.39 is 13.6 Å². The van der Waals surface area contributed by atoms with Gasteiger partial charge in [-0.05, 0) is 15.9 Å². The molecule has 126 valence electrons. The van der Waals surface area contributed by atoms with Gasteiger partial charge in [0.25, 0.3) is 0 Å². The van der Waals surface area contributed by atoms with Crippen molar-refractivity contribution < 1.29 is 22.4 Å². The van der Waals surface area contributed by atoms with E-state index in [0.29, 0.717) is 4.68 Å². The van der Waals surface area contributed by atoms with Crippen molar-refractivity contribution in [3.8, 4) is 11.5 Å². The molecule has 0 saturated heterocycles. The van der Waals surface area contributed by atoms with Gasteiger partial charge in [0, 0.05) is 6.07 Å². The van der Waals surface area contributed by atoms with Crippen molar-refractivity contribution >= 4 is 32.7 Å². The molecule has 2 aromatic heterocycles. The van der Waals surface area contributed by atoms with Crippen molar-refractivity contribution in [3.63, 3.8) is 0 Å². The molecule has 0 fully saturated rings. The maximum Gasteiger partial charge on any atom is 0.334 e. The number of aromatic nitrogens is 5. The summed E-state index contributed by atoms with van der Waals surface area (Å²) in [7, 11) is -2.72. The second kappa shape index (κ2) is 6.51. The molecule has 2 heterocycles. The highest BCUT2D eigenvalue weighted by Gasteiger charge is 2.17. The third-order valence-corrected chi connectivity index (χ3v) is 3.80. The quantitative estimate of drug-likeness (QED) is 0.698. The number of hydrogen-bond acceptors (Lipinski definition) is 7. The second-order valence-corrected chi connectivity index (χ2v) is 5.27. The zero-order valence-corrected chi connectivity index (χ0v) is 13.4. The van der Waals surface area contributed by atoms with Crippen LogP contribution in [0.4, 0.5) is 14.6 Å². The van der Waals surface area contributed by atoms with Crippen molar-refractivity contribution in [2.45, 2.75) is 13.2 Å². The number of hydrogen-bond donors (Lipinski definition) is 1. The molecule has 0 aliphatic carbocycles. The Kier molecular flexibility index (Phi) is 3.48. The SMILES string of the molecule is [2H]C([2H])([2H])Oc1cc(OCc2ncn(C(F)F)n2)c2c(N)ncnc2c1Br. The van der Waals surface area contributed by atoms with Gasteiger partial charge in [0.15, 0.2) is 5.82 Å². The topological polar surface area (TPSA) is 101 Å². The first-order valence-corrected chi connectivity index (χ1v) is 7.17. The molecule has 11 heteroatoms. The van der Waals surface area contributed by atoms with Crippen LogP contribution in [-0.4, -0.2) is 31.8 Å². The van der Waals surface area contributed by atoms with Crippen molar-refractivity contribution in [1.82, 2.24) is 24.7 Å². The molecular formula is C13H11BrF2N6O2. The molecule has 0 bridgehead atoms. The summed E-state index contributed by atoms with van der Waals surface area (Å²) in [4.78, 5) is 11.6. The van der Waals surface area contributed by atoms with Gasteiger partial charge in [0.2, 0.25) is 0 Å². The van der Waals surface area contributed by atoms with Gasteiger partial charge in [-0.2, -0.15) is 13.5 Å². The smallest absolute Gasteiger partial charge is 0.334 e. The first kappa shape index (κ1) is 12.8. The van der Waals surface area contributed by atoms with Crippen LogP contribution in [-0.2, 0) is 6.61 Å². The van der Waals surface area contributed by atoms with Crippen molar-refractivity contribution in [2.24, 2.45) is 0 Å². The maximum atomic E-state index is 12.6. The monoisotopic (exact) mass is 403 g/mol. The molecule has 0 saturated carbocycles. The molecular weight excluding hydrogens is 390 g/mol. The van der Waals surface area contributed by atoms with Gasteiger partial charge in [-0.25, -0.2) is 15.0 Å². The lowest BCUT2D eigenvalue weighted by molar-refractivity contribution is 0.0555. The van der Waals surface area contributed by atoms with Crippen LogP contribution in [0.5, 0.6) is 11.5 Å². The number of rotatable bonds is 5.